The molecular formula is C6H8Tl. The number of hydrogen-bond donors (Lipinski definition) is 0. The van der Waals surface area contributed by atoms with Crippen LogP contribution in [-0.2, 0) is 0 Å². The van der Waals surface area contributed by atoms with Crippen molar-refractivity contribution in [1.29, 1.82) is 0 Å². The average molecular weight is 285 g/mol. The summed E-state index contributed by atoms with van der Waals surface area (Å²) in [5, 5.41) is 0. The Morgan fingerprint density at radius 3 is 2.86 bits per heavy atom. The van der Waals surface area contributed by atoms with Gasteiger partial charge in [0.25, 0.3) is 0 Å². The molecule has 35 valence electrons. The SMILES string of the molecule is [CH3][Tl][C]1=CC=CC1. The summed E-state index contributed by atoms with van der Waals surface area (Å²) >= 11 is -0.324. The molecule has 0 amide bonds. The Hall–Kier alpha value is 0.402. The van der Waals surface area contributed by atoms with E-state index in [1.807, 2.05) is 0 Å². The molecule has 0 saturated carbocycles. The van der Waals surface area contributed by atoms with Crippen molar-refractivity contribution >= 4 is 24.2 Å². The Bertz CT molecular complexity index is 111. The summed E-state index contributed by atoms with van der Waals surface area (Å²) in [6.45, 7) is 0. The Labute approximate surface area is 56.5 Å². The van der Waals surface area contributed by atoms with E-state index in [2.05, 4.69) is 22.7 Å². The Balaban J connectivity index is 2.45. The fraction of sp³-hybridized carbons (Fsp3) is 0.333. The molecule has 1 aliphatic rings. The topological polar surface area (TPSA) is 0 Å². The van der Waals surface area contributed by atoms with E-state index in [4.69, 9.17) is 0 Å². The molecule has 0 N–H and O–H groups in total. The number of hydrogen-bond acceptors (Lipinski definition) is 0. The van der Waals surface area contributed by atoms with Crippen molar-refractivity contribution in [3.8, 4) is 0 Å². The summed E-state index contributed by atoms with van der Waals surface area (Å²) in [5.74, 6) is 0. The first kappa shape index (κ1) is 5.54. The zero-order valence-corrected chi connectivity index (χ0v) is 9.01. The van der Waals surface area contributed by atoms with Gasteiger partial charge in [-0.15, -0.1) is 0 Å². The molecule has 0 bridgehead atoms. The van der Waals surface area contributed by atoms with E-state index < -0.39 is 0 Å². The van der Waals surface area contributed by atoms with Gasteiger partial charge in [-0.05, 0) is 0 Å². The monoisotopic (exact) mass is 285 g/mol. The van der Waals surface area contributed by atoms with Gasteiger partial charge < -0.3 is 0 Å². The van der Waals surface area contributed by atoms with Gasteiger partial charge in [0.15, 0.2) is 0 Å². The van der Waals surface area contributed by atoms with E-state index in [0.717, 1.165) is 0 Å². The van der Waals surface area contributed by atoms with Gasteiger partial charge in [0.1, 0.15) is 0 Å². The third-order valence-electron chi connectivity index (χ3n) is 1.17. The fourth-order valence-electron chi connectivity index (χ4n) is 0.678. The van der Waals surface area contributed by atoms with E-state index in [1.165, 1.54) is 6.42 Å². The molecule has 0 atom stereocenters. The standard InChI is InChI=1S/C5H5.CH3.Tl/c1-2-4-5-3-1;;/h1-3H,4H2;1H3;. The fourth-order valence-corrected chi connectivity index (χ4v) is 3.30. The van der Waals surface area contributed by atoms with E-state index in [0.29, 0.717) is 0 Å². The molecule has 0 nitrogen and oxygen atoms in total. The van der Waals surface area contributed by atoms with Crippen molar-refractivity contribution < 1.29 is 0 Å². The van der Waals surface area contributed by atoms with E-state index in [-0.39, 0.29) is 24.2 Å². The summed E-state index contributed by atoms with van der Waals surface area (Å²) < 4.78 is 4.17. The van der Waals surface area contributed by atoms with Crippen LogP contribution in [0.25, 0.3) is 0 Å². The first-order valence-electron chi connectivity index (χ1n) is 2.58. The molecule has 7 heavy (non-hydrogen) atoms. The molecule has 0 aromatic carbocycles. The van der Waals surface area contributed by atoms with Crippen molar-refractivity contribution in [2.75, 3.05) is 0 Å². The molecule has 1 heteroatoms. The van der Waals surface area contributed by atoms with Gasteiger partial charge in [-0.1, -0.05) is 0 Å². The van der Waals surface area contributed by atoms with Crippen molar-refractivity contribution in [3.63, 3.8) is 0 Å². The quantitative estimate of drug-likeness (QED) is 0.642. The van der Waals surface area contributed by atoms with Gasteiger partial charge in [-0.25, -0.2) is 0 Å². The van der Waals surface area contributed by atoms with Crippen LogP contribution in [0, 0.1) is 0 Å². The molecule has 1 aliphatic carbocycles. The molecule has 0 spiro atoms. The van der Waals surface area contributed by atoms with Gasteiger partial charge in [0, 0.05) is 0 Å². The second-order valence-corrected chi connectivity index (χ2v) is 6.79. The molecular weight excluding hydrogens is 276 g/mol. The van der Waals surface area contributed by atoms with Crippen LogP contribution < -0.4 is 0 Å². The van der Waals surface area contributed by atoms with E-state index >= 15 is 0 Å². The predicted octanol–water partition coefficient (Wildman–Crippen LogP) is 1.58. The predicted molar refractivity (Wildman–Crippen MR) is 33.5 cm³/mol. The maximum absolute atomic E-state index is 2.40. The van der Waals surface area contributed by atoms with Gasteiger partial charge >= 0.3 is 56.5 Å². The molecule has 0 fully saturated rings. The van der Waals surface area contributed by atoms with Crippen molar-refractivity contribution in [3.05, 3.63) is 21.4 Å². The molecule has 1 rings (SSSR count). The average Bonchev–Trinajstić information content (AvgIpc) is 2.14. The van der Waals surface area contributed by atoms with Crippen LogP contribution in [0.5, 0.6) is 0 Å². The summed E-state index contributed by atoms with van der Waals surface area (Å²) in [6.07, 6.45) is 7.99. The van der Waals surface area contributed by atoms with Crippen LogP contribution in [0.15, 0.2) is 21.4 Å². The Morgan fingerprint density at radius 2 is 2.57 bits per heavy atom. The zero-order valence-electron chi connectivity index (χ0n) is 4.52. The van der Waals surface area contributed by atoms with E-state index in [9.17, 15) is 0 Å². The molecule has 0 aromatic heterocycles. The first-order chi connectivity index (χ1) is 3.43. The summed E-state index contributed by atoms with van der Waals surface area (Å²) in [4.78, 5) is 0. The number of rotatable bonds is 1. The van der Waals surface area contributed by atoms with Gasteiger partial charge in [0.05, 0.1) is 0 Å². The minimum atomic E-state index is -0.324. The summed E-state index contributed by atoms with van der Waals surface area (Å²) in [6, 6.07) is 0. The number of allylic oxidation sites excluding steroid dienone is 4. The van der Waals surface area contributed by atoms with Crippen LogP contribution in [0.2, 0.25) is 4.48 Å². The van der Waals surface area contributed by atoms with Crippen LogP contribution in [0.4, 0.5) is 0 Å². The molecule has 0 saturated heterocycles. The van der Waals surface area contributed by atoms with Crippen molar-refractivity contribution in [2.45, 2.75) is 10.9 Å². The third kappa shape index (κ3) is 1.40. The van der Waals surface area contributed by atoms with Gasteiger partial charge in [-0.3, -0.25) is 0 Å². The first-order valence-corrected chi connectivity index (χ1v) is 9.32. The van der Waals surface area contributed by atoms with Crippen molar-refractivity contribution in [2.24, 2.45) is 0 Å². The Kier molecular flexibility index (Phi) is 2.09. The van der Waals surface area contributed by atoms with Crippen LogP contribution in [-0.4, -0.2) is 24.2 Å². The Morgan fingerprint density at radius 1 is 1.71 bits per heavy atom. The second-order valence-electron chi connectivity index (χ2n) is 1.66. The van der Waals surface area contributed by atoms with Gasteiger partial charge in [0.2, 0.25) is 0 Å². The maximum atomic E-state index is 2.40. The molecule has 0 aliphatic heterocycles. The summed E-state index contributed by atoms with van der Waals surface area (Å²) in [5.41, 5.74) is 0. The van der Waals surface area contributed by atoms with E-state index in [1.54, 1.807) is 3.13 Å². The zero-order chi connectivity index (χ0) is 5.11. The normalized spacial score (nSPS) is 16.4. The van der Waals surface area contributed by atoms with Crippen LogP contribution >= 0.6 is 0 Å². The van der Waals surface area contributed by atoms with Crippen molar-refractivity contribution in [1.82, 2.24) is 0 Å². The van der Waals surface area contributed by atoms with Crippen LogP contribution in [0.1, 0.15) is 6.42 Å². The molecule has 0 unspecified atom stereocenters. The summed E-state index contributed by atoms with van der Waals surface area (Å²) in [7, 11) is 0. The van der Waals surface area contributed by atoms with Gasteiger partial charge in [-0.2, -0.15) is 0 Å². The molecule has 0 aromatic rings. The molecule has 0 heterocycles. The second kappa shape index (κ2) is 2.65. The third-order valence-corrected chi connectivity index (χ3v) is 5.72. The van der Waals surface area contributed by atoms with Crippen LogP contribution in [0.3, 0.4) is 0 Å². The molecule has 0 radical (unpaired) electrons. The minimum absolute atomic E-state index is 0.324.